The molecule has 0 heterocycles. The molecule has 0 radical (unpaired) electrons. The first kappa shape index (κ1) is 23.5. The van der Waals surface area contributed by atoms with E-state index >= 15 is 0 Å². The van der Waals surface area contributed by atoms with Gasteiger partial charge in [-0.15, -0.1) is 11.8 Å². The normalized spacial score (nSPS) is 12.0. The minimum Gasteiger partial charge on any atom is -0.393 e. The van der Waals surface area contributed by atoms with Crippen LogP contribution in [-0.4, -0.2) is 11.2 Å². The van der Waals surface area contributed by atoms with Crippen molar-refractivity contribution in [3.8, 4) is 11.8 Å². The van der Waals surface area contributed by atoms with Gasteiger partial charge in [-0.1, -0.05) is 104 Å². The first-order chi connectivity index (χ1) is 11.8. The summed E-state index contributed by atoms with van der Waals surface area (Å²) < 4.78 is 0. The maximum Gasteiger partial charge on any atom is 0.0549 e. The molecule has 0 aliphatic carbocycles. The molecule has 0 aromatic rings. The fourth-order valence-electron chi connectivity index (χ4n) is 3.17. The molecule has 24 heavy (non-hydrogen) atoms. The van der Waals surface area contributed by atoms with Gasteiger partial charge in [0.15, 0.2) is 0 Å². The van der Waals surface area contributed by atoms with Crippen LogP contribution in [0.2, 0.25) is 0 Å². The van der Waals surface area contributed by atoms with Crippen molar-refractivity contribution in [3.05, 3.63) is 0 Å². The molecule has 0 aromatic heterocycles. The molecule has 1 atom stereocenters. The van der Waals surface area contributed by atoms with Gasteiger partial charge in [-0.25, -0.2) is 0 Å². The number of rotatable bonds is 17. The van der Waals surface area contributed by atoms with Crippen LogP contribution < -0.4 is 0 Å². The summed E-state index contributed by atoms with van der Waals surface area (Å²) in [6.07, 6.45) is 22.9. The second-order valence-corrected chi connectivity index (χ2v) is 7.28. The Morgan fingerprint density at radius 2 is 1.04 bits per heavy atom. The monoisotopic (exact) mass is 336 g/mol. The van der Waals surface area contributed by atoms with Gasteiger partial charge in [0.2, 0.25) is 0 Å². The van der Waals surface area contributed by atoms with E-state index in [0.29, 0.717) is 0 Å². The molecule has 0 aliphatic heterocycles. The Bertz CT molecular complexity index is 286. The summed E-state index contributed by atoms with van der Waals surface area (Å²) in [5.74, 6) is 6.17. The zero-order chi connectivity index (χ0) is 17.7. The van der Waals surface area contributed by atoms with Crippen LogP contribution in [0, 0.1) is 11.8 Å². The lowest BCUT2D eigenvalue weighted by molar-refractivity contribution is 0.152. The molecule has 1 unspecified atom stereocenters. The fraction of sp³-hybridized carbons (Fsp3) is 0.913. The highest BCUT2D eigenvalue weighted by Crippen LogP contribution is 2.14. The molecule has 0 aliphatic rings. The van der Waals surface area contributed by atoms with Gasteiger partial charge < -0.3 is 5.11 Å². The molecular weight excluding hydrogens is 292 g/mol. The van der Waals surface area contributed by atoms with Crippen LogP contribution in [0.3, 0.4) is 0 Å². The average molecular weight is 337 g/mol. The number of aliphatic hydroxyl groups is 1. The van der Waals surface area contributed by atoms with Crippen LogP contribution in [0.4, 0.5) is 0 Å². The first-order valence-electron chi connectivity index (χ1n) is 10.9. The number of unbranched alkanes of at least 4 members (excludes halogenated alkanes) is 13. The van der Waals surface area contributed by atoms with E-state index in [-0.39, 0.29) is 6.10 Å². The third-order valence-electron chi connectivity index (χ3n) is 4.80. The van der Waals surface area contributed by atoms with E-state index in [4.69, 9.17) is 0 Å². The minimum absolute atomic E-state index is 0.131. The van der Waals surface area contributed by atoms with Gasteiger partial charge in [0.25, 0.3) is 0 Å². The quantitative estimate of drug-likeness (QED) is 0.216. The van der Waals surface area contributed by atoms with E-state index in [2.05, 4.69) is 25.7 Å². The summed E-state index contributed by atoms with van der Waals surface area (Å²) in [6.45, 7) is 4.35. The van der Waals surface area contributed by atoms with Gasteiger partial charge >= 0.3 is 0 Å². The van der Waals surface area contributed by atoms with Crippen molar-refractivity contribution in [2.45, 2.75) is 136 Å². The molecule has 0 aromatic carbocycles. The molecule has 1 heteroatoms. The van der Waals surface area contributed by atoms with E-state index in [9.17, 15) is 5.11 Å². The molecule has 1 nitrogen and oxygen atoms in total. The van der Waals surface area contributed by atoms with Gasteiger partial charge in [-0.3, -0.25) is 0 Å². The van der Waals surface area contributed by atoms with E-state index in [1.54, 1.807) is 0 Å². The molecule has 0 amide bonds. The predicted octanol–water partition coefficient (Wildman–Crippen LogP) is 7.41. The summed E-state index contributed by atoms with van der Waals surface area (Å²) in [4.78, 5) is 0. The number of hydrogen-bond donors (Lipinski definition) is 1. The first-order valence-corrected chi connectivity index (χ1v) is 10.9. The van der Waals surface area contributed by atoms with Gasteiger partial charge in [0, 0.05) is 12.8 Å². The summed E-state index contributed by atoms with van der Waals surface area (Å²) in [6, 6.07) is 0. The Balaban J connectivity index is 3.12. The maximum absolute atomic E-state index is 9.87. The van der Waals surface area contributed by atoms with Gasteiger partial charge in [-0.05, 0) is 12.8 Å². The second-order valence-electron chi connectivity index (χ2n) is 7.28. The predicted molar refractivity (Wildman–Crippen MR) is 108 cm³/mol. The topological polar surface area (TPSA) is 20.2 Å². The van der Waals surface area contributed by atoms with Crippen molar-refractivity contribution in [2.75, 3.05) is 0 Å². The van der Waals surface area contributed by atoms with Crippen LogP contribution in [0.15, 0.2) is 0 Å². The average Bonchev–Trinajstić information content (AvgIpc) is 2.59. The summed E-state index contributed by atoms with van der Waals surface area (Å²) in [5, 5.41) is 9.87. The largest absolute Gasteiger partial charge is 0.393 e. The lowest BCUT2D eigenvalue weighted by Gasteiger charge is -2.08. The molecule has 0 bridgehead atoms. The highest BCUT2D eigenvalue weighted by Gasteiger charge is 2.02. The minimum atomic E-state index is -0.131. The molecule has 0 spiro atoms. The molecule has 0 saturated carbocycles. The van der Waals surface area contributed by atoms with Crippen molar-refractivity contribution < 1.29 is 5.11 Å². The van der Waals surface area contributed by atoms with Crippen LogP contribution in [0.25, 0.3) is 0 Å². The molecule has 0 fully saturated rings. The molecule has 0 rings (SSSR count). The Kier molecular flexibility index (Phi) is 20.2. The van der Waals surface area contributed by atoms with Crippen LogP contribution in [0.5, 0.6) is 0 Å². The third-order valence-corrected chi connectivity index (χ3v) is 4.80. The number of hydrogen-bond acceptors (Lipinski definition) is 1. The summed E-state index contributed by atoms with van der Waals surface area (Å²) in [7, 11) is 0. The standard InChI is InChI=1S/C23H44O/c1-3-5-7-9-10-11-12-13-14-15-16-17-18-20-22-23(24)21-19-8-6-4-2/h23-24H,3-5,7,9-22H2,1-2H3. The smallest absolute Gasteiger partial charge is 0.0549 e. The molecule has 142 valence electrons. The maximum atomic E-state index is 9.87. The van der Waals surface area contributed by atoms with Crippen molar-refractivity contribution in [1.29, 1.82) is 0 Å². The molecule has 0 saturated heterocycles. The lowest BCUT2D eigenvalue weighted by atomic mass is 10.0. The Morgan fingerprint density at radius 1 is 0.583 bits per heavy atom. The highest BCUT2D eigenvalue weighted by atomic mass is 16.3. The van der Waals surface area contributed by atoms with Crippen LogP contribution >= 0.6 is 0 Å². The van der Waals surface area contributed by atoms with E-state index in [1.807, 2.05) is 0 Å². The van der Waals surface area contributed by atoms with Crippen molar-refractivity contribution in [3.63, 3.8) is 0 Å². The van der Waals surface area contributed by atoms with Crippen molar-refractivity contribution >= 4 is 0 Å². The van der Waals surface area contributed by atoms with Crippen molar-refractivity contribution in [2.24, 2.45) is 0 Å². The second kappa shape index (κ2) is 20.6. The summed E-state index contributed by atoms with van der Waals surface area (Å²) in [5.41, 5.74) is 0. The van der Waals surface area contributed by atoms with E-state index < -0.39 is 0 Å². The van der Waals surface area contributed by atoms with E-state index in [0.717, 1.165) is 25.7 Å². The fourth-order valence-corrected chi connectivity index (χ4v) is 3.17. The Morgan fingerprint density at radius 3 is 1.50 bits per heavy atom. The Labute approximate surface area is 153 Å². The summed E-state index contributed by atoms with van der Waals surface area (Å²) >= 11 is 0. The molecule has 1 N–H and O–H groups in total. The van der Waals surface area contributed by atoms with Crippen LogP contribution in [-0.2, 0) is 0 Å². The van der Waals surface area contributed by atoms with Gasteiger partial charge in [0.05, 0.1) is 6.10 Å². The van der Waals surface area contributed by atoms with Crippen molar-refractivity contribution in [1.82, 2.24) is 0 Å². The van der Waals surface area contributed by atoms with Gasteiger partial charge in [-0.2, -0.15) is 0 Å². The molecular formula is C23H44O. The zero-order valence-corrected chi connectivity index (χ0v) is 16.8. The zero-order valence-electron chi connectivity index (χ0n) is 16.8. The lowest BCUT2D eigenvalue weighted by Crippen LogP contribution is -2.05. The third kappa shape index (κ3) is 19.6. The SMILES string of the molecule is CCC#CCCC(O)CCCCCCCCCCCCCCCC. The van der Waals surface area contributed by atoms with E-state index in [1.165, 1.54) is 89.9 Å². The Hall–Kier alpha value is -0.480. The number of aliphatic hydroxyl groups excluding tert-OH is 1. The van der Waals surface area contributed by atoms with Gasteiger partial charge in [0.1, 0.15) is 0 Å². The van der Waals surface area contributed by atoms with Crippen LogP contribution in [0.1, 0.15) is 129 Å². The highest BCUT2D eigenvalue weighted by molar-refractivity contribution is 4.97.